The zero-order valence-electron chi connectivity index (χ0n) is 13.5. The SMILES string of the molecule is c1ccc2nnc(-c3nncc4cccc(-c5ncncn5)c34)cc2c1. The molecule has 0 fully saturated rings. The van der Waals surface area contributed by atoms with Gasteiger partial charge in [0.1, 0.15) is 24.0 Å². The highest BCUT2D eigenvalue weighted by molar-refractivity contribution is 6.03. The summed E-state index contributed by atoms with van der Waals surface area (Å²) in [6.07, 6.45) is 4.68. The summed E-state index contributed by atoms with van der Waals surface area (Å²) in [7, 11) is 0. The standard InChI is InChI=1S/C19H11N7/c1-2-7-15-12(4-1)8-16(25-24-15)18-17-13(9-23-26-18)5-3-6-14(17)19-21-10-20-11-22-19/h1-11H. The van der Waals surface area contributed by atoms with Crippen LogP contribution in [-0.2, 0) is 0 Å². The third kappa shape index (κ3) is 2.34. The molecule has 122 valence electrons. The van der Waals surface area contributed by atoms with Crippen molar-refractivity contribution in [3.8, 4) is 22.8 Å². The average molecular weight is 337 g/mol. The van der Waals surface area contributed by atoms with Gasteiger partial charge < -0.3 is 0 Å². The number of rotatable bonds is 2. The molecule has 3 aromatic heterocycles. The predicted octanol–water partition coefficient (Wildman–Crippen LogP) is 3.09. The topological polar surface area (TPSA) is 90.2 Å². The second kappa shape index (κ2) is 5.89. The van der Waals surface area contributed by atoms with E-state index in [9.17, 15) is 0 Å². The summed E-state index contributed by atoms with van der Waals surface area (Å²) in [5, 5.41) is 20.0. The van der Waals surface area contributed by atoms with E-state index in [0.717, 1.165) is 27.2 Å². The summed E-state index contributed by atoms with van der Waals surface area (Å²) >= 11 is 0. The fourth-order valence-electron chi connectivity index (χ4n) is 2.99. The number of hydrogen-bond acceptors (Lipinski definition) is 7. The molecule has 0 amide bonds. The molecule has 0 bridgehead atoms. The monoisotopic (exact) mass is 337 g/mol. The Hall–Kier alpha value is -3.87. The molecule has 3 heterocycles. The van der Waals surface area contributed by atoms with E-state index in [1.165, 1.54) is 12.7 Å². The van der Waals surface area contributed by atoms with Crippen LogP contribution in [0.15, 0.2) is 67.4 Å². The van der Waals surface area contributed by atoms with Crippen molar-refractivity contribution in [3.63, 3.8) is 0 Å². The van der Waals surface area contributed by atoms with Gasteiger partial charge in [-0.15, -0.1) is 15.3 Å². The molecule has 5 aromatic rings. The molecule has 0 unspecified atom stereocenters. The van der Waals surface area contributed by atoms with Crippen LogP contribution >= 0.6 is 0 Å². The Morgan fingerprint density at radius 2 is 1.58 bits per heavy atom. The zero-order valence-corrected chi connectivity index (χ0v) is 13.5. The third-order valence-corrected chi connectivity index (χ3v) is 4.16. The minimum Gasteiger partial charge on any atom is -0.225 e. The van der Waals surface area contributed by atoms with Crippen molar-refractivity contribution in [2.45, 2.75) is 0 Å². The highest BCUT2D eigenvalue weighted by atomic mass is 15.1. The van der Waals surface area contributed by atoms with Crippen molar-refractivity contribution in [1.82, 2.24) is 35.3 Å². The van der Waals surface area contributed by atoms with Crippen molar-refractivity contribution in [1.29, 1.82) is 0 Å². The maximum absolute atomic E-state index is 4.36. The molecular formula is C19H11N7. The van der Waals surface area contributed by atoms with E-state index in [4.69, 9.17) is 0 Å². The van der Waals surface area contributed by atoms with Crippen molar-refractivity contribution < 1.29 is 0 Å². The molecule has 0 aliphatic heterocycles. The summed E-state index contributed by atoms with van der Waals surface area (Å²) in [6, 6.07) is 15.7. The van der Waals surface area contributed by atoms with E-state index in [2.05, 4.69) is 35.3 Å². The molecule has 5 rings (SSSR count). The first kappa shape index (κ1) is 14.5. The number of benzene rings is 2. The number of fused-ring (bicyclic) bond motifs is 2. The summed E-state index contributed by atoms with van der Waals surface area (Å²) in [5.41, 5.74) is 2.99. The molecular weight excluding hydrogens is 326 g/mol. The Labute approximate surface area is 147 Å². The van der Waals surface area contributed by atoms with Gasteiger partial charge in [-0.05, 0) is 12.1 Å². The summed E-state index contributed by atoms with van der Waals surface area (Å²) in [5.74, 6) is 0.577. The van der Waals surface area contributed by atoms with E-state index in [-0.39, 0.29) is 0 Å². The van der Waals surface area contributed by atoms with E-state index in [1.54, 1.807) is 6.20 Å². The Morgan fingerprint density at radius 3 is 2.50 bits per heavy atom. The van der Waals surface area contributed by atoms with Crippen LogP contribution in [-0.4, -0.2) is 35.3 Å². The molecule has 0 aliphatic rings. The van der Waals surface area contributed by atoms with Crippen LogP contribution in [0.1, 0.15) is 0 Å². The van der Waals surface area contributed by atoms with Crippen molar-refractivity contribution in [2.75, 3.05) is 0 Å². The molecule has 7 nitrogen and oxygen atoms in total. The van der Waals surface area contributed by atoms with Crippen molar-refractivity contribution >= 4 is 21.7 Å². The second-order valence-electron chi connectivity index (χ2n) is 5.71. The smallest absolute Gasteiger partial charge is 0.163 e. The van der Waals surface area contributed by atoms with Gasteiger partial charge in [0.05, 0.1) is 11.7 Å². The summed E-state index contributed by atoms with van der Waals surface area (Å²) in [6.45, 7) is 0. The van der Waals surface area contributed by atoms with Gasteiger partial charge in [0.25, 0.3) is 0 Å². The molecule has 0 radical (unpaired) electrons. The molecule has 7 heteroatoms. The van der Waals surface area contributed by atoms with Gasteiger partial charge in [-0.3, -0.25) is 0 Å². The van der Waals surface area contributed by atoms with Crippen LogP contribution in [0.3, 0.4) is 0 Å². The lowest BCUT2D eigenvalue weighted by atomic mass is 10.0. The van der Waals surface area contributed by atoms with Crippen molar-refractivity contribution in [2.24, 2.45) is 0 Å². The quantitative estimate of drug-likeness (QED) is 0.489. The molecule has 0 spiro atoms. The average Bonchev–Trinajstić information content (AvgIpc) is 2.73. The van der Waals surface area contributed by atoms with E-state index in [0.29, 0.717) is 17.2 Å². The summed E-state index contributed by atoms with van der Waals surface area (Å²) in [4.78, 5) is 12.4. The molecule has 0 saturated heterocycles. The lowest BCUT2D eigenvalue weighted by Gasteiger charge is -2.09. The van der Waals surface area contributed by atoms with Gasteiger partial charge in [-0.2, -0.15) is 5.10 Å². The first-order valence-corrected chi connectivity index (χ1v) is 8.00. The van der Waals surface area contributed by atoms with E-state index in [1.807, 2.05) is 48.5 Å². The lowest BCUT2D eigenvalue weighted by molar-refractivity contribution is 1.02. The maximum Gasteiger partial charge on any atom is 0.163 e. The van der Waals surface area contributed by atoms with Gasteiger partial charge in [0, 0.05) is 21.7 Å². The van der Waals surface area contributed by atoms with Crippen LogP contribution in [0.25, 0.3) is 44.5 Å². The fraction of sp³-hybridized carbons (Fsp3) is 0. The van der Waals surface area contributed by atoms with Crippen LogP contribution < -0.4 is 0 Å². The zero-order chi connectivity index (χ0) is 17.3. The fourth-order valence-corrected chi connectivity index (χ4v) is 2.99. The van der Waals surface area contributed by atoms with Crippen LogP contribution in [0.4, 0.5) is 0 Å². The minimum atomic E-state index is 0.577. The van der Waals surface area contributed by atoms with Crippen molar-refractivity contribution in [3.05, 3.63) is 67.4 Å². The predicted molar refractivity (Wildman–Crippen MR) is 96.9 cm³/mol. The molecule has 0 saturated carbocycles. The maximum atomic E-state index is 4.36. The number of nitrogens with zero attached hydrogens (tertiary/aromatic N) is 7. The van der Waals surface area contributed by atoms with Gasteiger partial charge in [0.2, 0.25) is 0 Å². The van der Waals surface area contributed by atoms with Gasteiger partial charge in [0.15, 0.2) is 5.82 Å². The van der Waals surface area contributed by atoms with Gasteiger partial charge in [-0.1, -0.05) is 36.4 Å². The normalized spacial score (nSPS) is 11.1. The first-order chi connectivity index (χ1) is 12.9. The van der Waals surface area contributed by atoms with Crippen LogP contribution in [0, 0.1) is 0 Å². The highest BCUT2D eigenvalue weighted by Gasteiger charge is 2.15. The van der Waals surface area contributed by atoms with Gasteiger partial charge >= 0.3 is 0 Å². The molecule has 26 heavy (non-hydrogen) atoms. The Bertz CT molecular complexity index is 1230. The minimum absolute atomic E-state index is 0.577. The molecule has 0 N–H and O–H groups in total. The highest BCUT2D eigenvalue weighted by Crippen LogP contribution is 2.32. The molecule has 0 aliphatic carbocycles. The summed E-state index contributed by atoms with van der Waals surface area (Å²) < 4.78 is 0. The molecule has 0 atom stereocenters. The van der Waals surface area contributed by atoms with E-state index < -0.39 is 0 Å². The van der Waals surface area contributed by atoms with E-state index >= 15 is 0 Å². The lowest BCUT2D eigenvalue weighted by Crippen LogP contribution is -1.97. The Morgan fingerprint density at radius 1 is 0.731 bits per heavy atom. The third-order valence-electron chi connectivity index (χ3n) is 4.16. The van der Waals surface area contributed by atoms with Crippen LogP contribution in [0.2, 0.25) is 0 Å². The molecule has 2 aromatic carbocycles. The first-order valence-electron chi connectivity index (χ1n) is 8.00. The largest absolute Gasteiger partial charge is 0.225 e. The van der Waals surface area contributed by atoms with Gasteiger partial charge in [-0.25, -0.2) is 15.0 Å². The Balaban J connectivity index is 1.82. The Kier molecular flexibility index (Phi) is 3.28. The number of hydrogen-bond donors (Lipinski definition) is 0. The second-order valence-corrected chi connectivity index (χ2v) is 5.71. The number of aromatic nitrogens is 7. The van der Waals surface area contributed by atoms with Crippen LogP contribution in [0.5, 0.6) is 0 Å².